The normalized spacial score (nSPS) is 11.3. The maximum atomic E-state index is 6.02. The first-order valence-electron chi connectivity index (χ1n) is 9.96. The molecule has 0 bridgehead atoms. The van der Waals surface area contributed by atoms with E-state index in [1.165, 1.54) is 22.3 Å². The fourth-order valence-corrected chi connectivity index (χ4v) is 4.13. The molecule has 144 valence electrons. The summed E-state index contributed by atoms with van der Waals surface area (Å²) in [6.45, 7) is 0. The van der Waals surface area contributed by atoms with Gasteiger partial charge in [-0.3, -0.25) is 0 Å². The molecule has 0 unspecified atom stereocenters. The molecule has 0 aliphatic rings. The van der Waals surface area contributed by atoms with Crippen LogP contribution in [0.5, 0.6) is 0 Å². The lowest BCUT2D eigenvalue weighted by molar-refractivity contribution is 0.507. The highest BCUT2D eigenvalue weighted by Gasteiger charge is 2.35. The van der Waals surface area contributed by atoms with Crippen molar-refractivity contribution in [1.82, 2.24) is 0 Å². The average Bonchev–Trinajstić information content (AvgIpc) is 2.76. The van der Waals surface area contributed by atoms with Gasteiger partial charge in [-0.25, -0.2) is 0 Å². The topological polar surface area (TPSA) is 52.0 Å². The minimum atomic E-state index is -0.232. The predicted molar refractivity (Wildman–Crippen MR) is 123 cm³/mol. The highest BCUT2D eigenvalue weighted by molar-refractivity contribution is 5.51. The van der Waals surface area contributed by atoms with Gasteiger partial charge in [-0.15, -0.1) is 0 Å². The predicted octanol–water partition coefficient (Wildman–Crippen LogP) is 5.62. The van der Waals surface area contributed by atoms with Crippen molar-refractivity contribution in [2.75, 3.05) is 11.5 Å². The van der Waals surface area contributed by atoms with Gasteiger partial charge < -0.3 is 11.5 Å². The second-order valence-corrected chi connectivity index (χ2v) is 7.65. The van der Waals surface area contributed by atoms with Gasteiger partial charge in [0, 0.05) is 16.8 Å². The van der Waals surface area contributed by atoms with Crippen LogP contribution < -0.4 is 11.5 Å². The van der Waals surface area contributed by atoms with Crippen LogP contribution in [0, 0.1) is 0 Å². The van der Waals surface area contributed by atoms with E-state index in [1.807, 2.05) is 24.3 Å². The second kappa shape index (κ2) is 8.24. The zero-order chi connectivity index (χ0) is 20.1. The van der Waals surface area contributed by atoms with Crippen LogP contribution in [0.3, 0.4) is 0 Å². The van der Waals surface area contributed by atoms with Crippen LogP contribution in [0.4, 0.5) is 11.4 Å². The van der Waals surface area contributed by atoms with Crippen molar-refractivity contribution in [3.63, 3.8) is 0 Å². The number of hydrogen-bond donors (Lipinski definition) is 2. The molecule has 2 nitrogen and oxygen atoms in total. The van der Waals surface area contributed by atoms with Gasteiger partial charge >= 0.3 is 0 Å². The smallest absolute Gasteiger partial charge is 0.0314 e. The first kappa shape index (κ1) is 18.8. The minimum Gasteiger partial charge on any atom is -0.399 e. The van der Waals surface area contributed by atoms with Gasteiger partial charge in [-0.1, -0.05) is 84.9 Å². The molecule has 0 saturated carbocycles. The third-order valence-corrected chi connectivity index (χ3v) is 5.62. The Balaban J connectivity index is 1.92. The van der Waals surface area contributed by atoms with Gasteiger partial charge in [-0.2, -0.15) is 0 Å². The summed E-state index contributed by atoms with van der Waals surface area (Å²) < 4.78 is 0. The fraction of sp³-hybridized carbons (Fsp3) is 0.111. The van der Waals surface area contributed by atoms with Crippen LogP contribution in [0.1, 0.15) is 22.3 Å². The Morgan fingerprint density at radius 2 is 0.793 bits per heavy atom. The van der Waals surface area contributed by atoms with Gasteiger partial charge in [0.2, 0.25) is 0 Å². The number of hydrogen-bond acceptors (Lipinski definition) is 2. The first-order valence-corrected chi connectivity index (χ1v) is 9.96. The molecule has 0 amide bonds. The lowest BCUT2D eigenvalue weighted by atomic mass is 9.67. The Morgan fingerprint density at radius 1 is 0.448 bits per heavy atom. The highest BCUT2D eigenvalue weighted by atomic mass is 14.5. The van der Waals surface area contributed by atoms with Crippen LogP contribution in [0.15, 0.2) is 109 Å². The summed E-state index contributed by atoms with van der Waals surface area (Å²) in [7, 11) is 0. The fourth-order valence-electron chi connectivity index (χ4n) is 4.13. The molecule has 0 atom stereocenters. The molecular weight excluding hydrogens is 352 g/mol. The number of benzene rings is 4. The Kier molecular flexibility index (Phi) is 5.35. The molecule has 4 aromatic carbocycles. The summed E-state index contributed by atoms with van der Waals surface area (Å²) in [6, 6.07) is 38.0. The summed E-state index contributed by atoms with van der Waals surface area (Å²) in [4.78, 5) is 0. The number of nitrogen functional groups attached to an aromatic ring is 2. The van der Waals surface area contributed by atoms with E-state index in [0.29, 0.717) is 0 Å². The van der Waals surface area contributed by atoms with E-state index in [0.717, 1.165) is 24.2 Å². The first-order chi connectivity index (χ1) is 14.2. The molecular formula is C27H26N2. The highest BCUT2D eigenvalue weighted by Crippen LogP contribution is 2.40. The molecule has 0 saturated heterocycles. The van der Waals surface area contributed by atoms with Crippen molar-refractivity contribution < 1.29 is 0 Å². The van der Waals surface area contributed by atoms with Gasteiger partial charge in [0.1, 0.15) is 0 Å². The standard InChI is InChI=1S/C27H26N2/c28-25-15-11-23(12-16-25)27(19-21-7-3-1-4-8-21,20-22-9-5-2-6-10-22)24-13-17-26(29)18-14-24/h1-18H,19-20,28-29H2. The van der Waals surface area contributed by atoms with E-state index in [1.54, 1.807) is 0 Å². The van der Waals surface area contributed by atoms with Crippen molar-refractivity contribution in [2.24, 2.45) is 0 Å². The van der Waals surface area contributed by atoms with Gasteiger partial charge in [-0.05, 0) is 59.4 Å². The summed E-state index contributed by atoms with van der Waals surface area (Å²) in [5, 5.41) is 0. The van der Waals surface area contributed by atoms with Crippen LogP contribution in [-0.4, -0.2) is 0 Å². The van der Waals surface area contributed by atoms with Crippen molar-refractivity contribution in [3.8, 4) is 0 Å². The monoisotopic (exact) mass is 378 g/mol. The number of anilines is 2. The molecule has 4 N–H and O–H groups in total. The Labute approximate surface area is 172 Å². The zero-order valence-corrected chi connectivity index (χ0v) is 16.5. The van der Waals surface area contributed by atoms with Crippen LogP contribution in [-0.2, 0) is 18.3 Å². The van der Waals surface area contributed by atoms with E-state index in [9.17, 15) is 0 Å². The molecule has 0 spiro atoms. The van der Waals surface area contributed by atoms with E-state index >= 15 is 0 Å². The molecule has 0 aliphatic carbocycles. The quantitative estimate of drug-likeness (QED) is 0.428. The zero-order valence-electron chi connectivity index (χ0n) is 16.5. The number of rotatable bonds is 6. The van der Waals surface area contributed by atoms with E-state index in [-0.39, 0.29) is 5.41 Å². The Hall–Kier alpha value is -3.52. The summed E-state index contributed by atoms with van der Waals surface area (Å²) in [5.74, 6) is 0. The molecule has 0 heterocycles. The Morgan fingerprint density at radius 3 is 1.14 bits per heavy atom. The molecule has 0 fully saturated rings. The third-order valence-electron chi connectivity index (χ3n) is 5.62. The SMILES string of the molecule is Nc1ccc(C(Cc2ccccc2)(Cc2ccccc2)c2ccc(N)cc2)cc1. The number of nitrogens with two attached hydrogens (primary N) is 2. The van der Waals surface area contributed by atoms with E-state index < -0.39 is 0 Å². The molecule has 4 aromatic rings. The third kappa shape index (κ3) is 4.17. The van der Waals surface area contributed by atoms with Crippen molar-refractivity contribution >= 4 is 11.4 Å². The van der Waals surface area contributed by atoms with Crippen LogP contribution in [0.2, 0.25) is 0 Å². The maximum Gasteiger partial charge on any atom is 0.0314 e. The molecule has 4 rings (SSSR count). The maximum absolute atomic E-state index is 6.02. The summed E-state index contributed by atoms with van der Waals surface area (Å²) in [6.07, 6.45) is 1.77. The summed E-state index contributed by atoms with van der Waals surface area (Å²) in [5.41, 5.74) is 18.5. The van der Waals surface area contributed by atoms with Gasteiger partial charge in [0.25, 0.3) is 0 Å². The molecule has 29 heavy (non-hydrogen) atoms. The Bertz CT molecular complexity index is 948. The minimum absolute atomic E-state index is 0.232. The van der Waals surface area contributed by atoms with E-state index in [4.69, 9.17) is 11.5 Å². The molecule has 0 radical (unpaired) electrons. The van der Waals surface area contributed by atoms with Crippen molar-refractivity contribution in [3.05, 3.63) is 131 Å². The van der Waals surface area contributed by atoms with Crippen molar-refractivity contribution in [2.45, 2.75) is 18.3 Å². The molecule has 2 heteroatoms. The largest absolute Gasteiger partial charge is 0.399 e. The van der Waals surface area contributed by atoms with Crippen LogP contribution >= 0.6 is 0 Å². The van der Waals surface area contributed by atoms with Gasteiger partial charge in [0.05, 0.1) is 0 Å². The average molecular weight is 379 g/mol. The van der Waals surface area contributed by atoms with Gasteiger partial charge in [0.15, 0.2) is 0 Å². The lowest BCUT2D eigenvalue weighted by Gasteiger charge is -2.36. The molecule has 0 aromatic heterocycles. The van der Waals surface area contributed by atoms with E-state index in [2.05, 4.69) is 84.9 Å². The lowest BCUT2D eigenvalue weighted by Crippen LogP contribution is -2.33. The second-order valence-electron chi connectivity index (χ2n) is 7.65. The summed E-state index contributed by atoms with van der Waals surface area (Å²) >= 11 is 0. The van der Waals surface area contributed by atoms with Crippen LogP contribution in [0.25, 0.3) is 0 Å². The molecule has 0 aliphatic heterocycles. The van der Waals surface area contributed by atoms with Crippen molar-refractivity contribution in [1.29, 1.82) is 0 Å².